The standard InChI is InChI=1S/C31H25ClF5N7O/c32-20-8-5-18(6-9-20)15-22(13-14-31(35,36)37)38-27-11-7-19(23-3-1-2-4-24(23)29-41-43-44-42-29)16-28(27)40-30(45)39-26-12-10-21(33)17-25(26)34/h1-12,16-17,22,38H,13-15H2,(H2,39,40,45)(H,41,42,43,44). The van der Waals surface area contributed by atoms with E-state index in [0.717, 1.165) is 17.7 Å². The molecule has 1 atom stereocenters. The number of aromatic amines is 1. The molecule has 0 aliphatic carbocycles. The van der Waals surface area contributed by atoms with E-state index in [9.17, 15) is 26.7 Å². The summed E-state index contributed by atoms with van der Waals surface area (Å²) in [6.45, 7) is 0. The summed E-state index contributed by atoms with van der Waals surface area (Å²) >= 11 is 5.99. The van der Waals surface area contributed by atoms with Crippen LogP contribution in [0.25, 0.3) is 22.5 Å². The zero-order valence-electron chi connectivity index (χ0n) is 23.3. The summed E-state index contributed by atoms with van der Waals surface area (Å²) in [5, 5.41) is 22.7. The van der Waals surface area contributed by atoms with Crippen LogP contribution >= 0.6 is 11.6 Å². The van der Waals surface area contributed by atoms with Crippen LogP contribution in [0, 0.1) is 11.6 Å². The number of benzene rings is 4. The van der Waals surface area contributed by atoms with Crippen molar-refractivity contribution in [3.8, 4) is 22.5 Å². The van der Waals surface area contributed by atoms with E-state index >= 15 is 0 Å². The van der Waals surface area contributed by atoms with Crippen molar-refractivity contribution < 1.29 is 26.7 Å². The predicted molar refractivity (Wildman–Crippen MR) is 162 cm³/mol. The van der Waals surface area contributed by atoms with Gasteiger partial charge in [0.1, 0.15) is 11.6 Å². The summed E-state index contributed by atoms with van der Waals surface area (Å²) in [4.78, 5) is 13.0. The third kappa shape index (κ3) is 8.54. The van der Waals surface area contributed by atoms with E-state index in [1.54, 1.807) is 66.7 Å². The molecule has 0 aliphatic heterocycles. The van der Waals surface area contributed by atoms with Crippen molar-refractivity contribution in [1.29, 1.82) is 0 Å². The maximum Gasteiger partial charge on any atom is 0.389 e. The average Bonchev–Trinajstić information content (AvgIpc) is 3.54. The summed E-state index contributed by atoms with van der Waals surface area (Å²) in [5.74, 6) is -1.48. The van der Waals surface area contributed by atoms with Crippen molar-refractivity contribution in [2.45, 2.75) is 31.5 Å². The highest BCUT2D eigenvalue weighted by atomic mass is 35.5. The van der Waals surface area contributed by atoms with Crippen LogP contribution in [-0.2, 0) is 6.42 Å². The van der Waals surface area contributed by atoms with Crippen LogP contribution < -0.4 is 16.0 Å². The Hall–Kier alpha value is -5.04. The highest BCUT2D eigenvalue weighted by Gasteiger charge is 2.29. The third-order valence-corrected chi connectivity index (χ3v) is 7.05. The zero-order chi connectivity index (χ0) is 32.0. The molecule has 0 bridgehead atoms. The molecule has 8 nitrogen and oxygen atoms in total. The van der Waals surface area contributed by atoms with Gasteiger partial charge in [0.25, 0.3) is 0 Å². The third-order valence-electron chi connectivity index (χ3n) is 6.80. The molecule has 0 saturated heterocycles. The number of urea groups is 1. The lowest BCUT2D eigenvalue weighted by molar-refractivity contribution is -0.136. The van der Waals surface area contributed by atoms with Gasteiger partial charge in [-0.05, 0) is 71.1 Å². The molecule has 2 amide bonds. The molecule has 14 heteroatoms. The first-order valence-electron chi connectivity index (χ1n) is 13.6. The number of amides is 2. The molecule has 4 N–H and O–H groups in total. The second kappa shape index (κ2) is 13.7. The maximum atomic E-state index is 14.3. The number of nitrogens with one attached hydrogen (secondary N) is 4. The van der Waals surface area contributed by atoms with Crippen molar-refractivity contribution in [3.63, 3.8) is 0 Å². The van der Waals surface area contributed by atoms with Gasteiger partial charge in [0, 0.05) is 29.1 Å². The summed E-state index contributed by atoms with van der Waals surface area (Å²) in [6.07, 6.45) is -5.46. The Morgan fingerprint density at radius 3 is 2.27 bits per heavy atom. The summed E-state index contributed by atoms with van der Waals surface area (Å²) in [5.41, 5.74) is 2.88. The number of alkyl halides is 3. The smallest absolute Gasteiger partial charge is 0.380 e. The number of anilines is 3. The lowest BCUT2D eigenvalue weighted by Crippen LogP contribution is -2.26. The molecule has 0 spiro atoms. The molecule has 4 aromatic carbocycles. The van der Waals surface area contributed by atoms with Gasteiger partial charge in [-0.25, -0.2) is 13.6 Å². The highest BCUT2D eigenvalue weighted by Crippen LogP contribution is 2.35. The Labute approximate surface area is 259 Å². The van der Waals surface area contributed by atoms with Gasteiger partial charge in [-0.1, -0.05) is 54.1 Å². The van der Waals surface area contributed by atoms with Crippen molar-refractivity contribution >= 4 is 34.7 Å². The van der Waals surface area contributed by atoms with E-state index in [-0.39, 0.29) is 24.2 Å². The van der Waals surface area contributed by atoms with Gasteiger partial charge in [0.15, 0.2) is 0 Å². The number of carbonyl (C=O) groups excluding carboxylic acids is 1. The number of halogens is 6. The van der Waals surface area contributed by atoms with Crippen LogP contribution in [0.3, 0.4) is 0 Å². The largest absolute Gasteiger partial charge is 0.389 e. The van der Waals surface area contributed by atoms with Crippen molar-refractivity contribution in [2.75, 3.05) is 16.0 Å². The molecule has 0 aliphatic rings. The monoisotopic (exact) mass is 641 g/mol. The molecule has 0 fully saturated rings. The normalized spacial score (nSPS) is 12.0. The number of aromatic nitrogens is 4. The van der Waals surface area contributed by atoms with Crippen LogP contribution in [0.15, 0.2) is 84.9 Å². The second-order valence-electron chi connectivity index (χ2n) is 10.1. The Morgan fingerprint density at radius 1 is 0.867 bits per heavy atom. The fraction of sp³-hybridized carbons (Fsp3) is 0.161. The molecule has 0 saturated carbocycles. The number of rotatable bonds is 10. The van der Waals surface area contributed by atoms with Gasteiger partial charge in [0.05, 0.1) is 17.1 Å². The Morgan fingerprint density at radius 2 is 1.58 bits per heavy atom. The lowest BCUT2D eigenvalue weighted by Gasteiger charge is -2.24. The van der Waals surface area contributed by atoms with Gasteiger partial charge in [-0.15, -0.1) is 10.2 Å². The molecular formula is C31H25ClF5N7O. The van der Waals surface area contributed by atoms with Gasteiger partial charge >= 0.3 is 12.2 Å². The van der Waals surface area contributed by atoms with E-state index in [2.05, 4.69) is 36.6 Å². The number of nitrogens with zero attached hydrogens (tertiary/aromatic N) is 3. The van der Waals surface area contributed by atoms with E-state index in [1.807, 2.05) is 0 Å². The molecular weight excluding hydrogens is 617 g/mol. The Balaban J connectivity index is 1.50. The first-order valence-corrected chi connectivity index (χ1v) is 14.0. The lowest BCUT2D eigenvalue weighted by atomic mass is 9.97. The quantitative estimate of drug-likeness (QED) is 0.114. The zero-order valence-corrected chi connectivity index (χ0v) is 24.1. The first-order chi connectivity index (χ1) is 21.5. The molecule has 45 heavy (non-hydrogen) atoms. The SMILES string of the molecule is O=C(Nc1ccc(F)cc1F)Nc1cc(-c2ccccc2-c2nn[nH]n2)ccc1NC(CCC(F)(F)F)Cc1ccc(Cl)cc1. The van der Waals surface area contributed by atoms with E-state index in [1.165, 1.54) is 0 Å². The predicted octanol–water partition coefficient (Wildman–Crippen LogP) is 8.48. The fourth-order valence-corrected chi connectivity index (χ4v) is 4.83. The molecule has 232 valence electrons. The van der Waals surface area contributed by atoms with Crippen LogP contribution in [-0.4, -0.2) is 38.9 Å². The molecule has 1 heterocycles. The van der Waals surface area contributed by atoms with Gasteiger partial charge in [-0.2, -0.15) is 18.4 Å². The van der Waals surface area contributed by atoms with Gasteiger partial charge in [0.2, 0.25) is 5.82 Å². The Bertz CT molecular complexity index is 1770. The summed E-state index contributed by atoms with van der Waals surface area (Å²) in [6, 6.07) is 20.0. The van der Waals surface area contributed by atoms with E-state index < -0.39 is 36.3 Å². The van der Waals surface area contributed by atoms with E-state index in [4.69, 9.17) is 11.6 Å². The second-order valence-corrected chi connectivity index (χ2v) is 10.5. The number of H-pyrrole nitrogens is 1. The van der Waals surface area contributed by atoms with Crippen LogP contribution in [0.5, 0.6) is 0 Å². The van der Waals surface area contributed by atoms with E-state index in [0.29, 0.717) is 39.3 Å². The summed E-state index contributed by atoms with van der Waals surface area (Å²) < 4.78 is 67.5. The van der Waals surface area contributed by atoms with Gasteiger partial charge < -0.3 is 16.0 Å². The van der Waals surface area contributed by atoms with Crippen LogP contribution in [0.2, 0.25) is 5.02 Å². The molecule has 5 aromatic rings. The number of carbonyl (C=O) groups is 1. The van der Waals surface area contributed by atoms with Crippen molar-refractivity contribution in [2.24, 2.45) is 0 Å². The van der Waals surface area contributed by atoms with Crippen LogP contribution in [0.4, 0.5) is 43.8 Å². The molecule has 5 rings (SSSR count). The Kier molecular flexibility index (Phi) is 9.57. The molecule has 0 radical (unpaired) electrons. The molecule has 1 unspecified atom stereocenters. The number of hydrogen-bond donors (Lipinski definition) is 4. The topological polar surface area (TPSA) is 108 Å². The minimum Gasteiger partial charge on any atom is -0.380 e. The minimum atomic E-state index is -4.39. The number of hydrogen-bond acceptors (Lipinski definition) is 5. The van der Waals surface area contributed by atoms with Crippen LogP contribution in [0.1, 0.15) is 18.4 Å². The highest BCUT2D eigenvalue weighted by molar-refractivity contribution is 6.30. The molecule has 1 aromatic heterocycles. The number of tetrazole rings is 1. The first kappa shape index (κ1) is 31.4. The average molecular weight is 642 g/mol. The maximum absolute atomic E-state index is 14.3. The van der Waals surface area contributed by atoms with Gasteiger partial charge in [-0.3, -0.25) is 0 Å². The fourth-order valence-electron chi connectivity index (χ4n) is 4.70. The van der Waals surface area contributed by atoms with Crippen molar-refractivity contribution in [1.82, 2.24) is 20.6 Å². The minimum absolute atomic E-state index is 0.184. The van der Waals surface area contributed by atoms with Crippen molar-refractivity contribution in [3.05, 3.63) is 107 Å². The summed E-state index contributed by atoms with van der Waals surface area (Å²) in [7, 11) is 0.